The van der Waals surface area contributed by atoms with E-state index in [1.165, 1.54) is 11.8 Å². The molecule has 0 spiro atoms. The molecule has 2 heterocycles. The van der Waals surface area contributed by atoms with Crippen molar-refractivity contribution in [1.29, 1.82) is 0 Å². The van der Waals surface area contributed by atoms with Crippen molar-refractivity contribution in [3.05, 3.63) is 60.2 Å². The zero-order valence-electron chi connectivity index (χ0n) is 21.1. The van der Waals surface area contributed by atoms with E-state index in [0.29, 0.717) is 25.3 Å². The summed E-state index contributed by atoms with van der Waals surface area (Å²) in [7, 11) is 3.42. The van der Waals surface area contributed by atoms with Crippen molar-refractivity contribution in [3.63, 3.8) is 0 Å². The molecule has 2 aromatic rings. The molecule has 0 saturated carbocycles. The van der Waals surface area contributed by atoms with Crippen LogP contribution in [0.2, 0.25) is 0 Å². The Balaban J connectivity index is 1.53. The van der Waals surface area contributed by atoms with Crippen molar-refractivity contribution in [1.82, 2.24) is 15.1 Å². The zero-order valence-corrected chi connectivity index (χ0v) is 21.1. The molecule has 2 N–H and O–H groups in total. The summed E-state index contributed by atoms with van der Waals surface area (Å²) >= 11 is 0. The van der Waals surface area contributed by atoms with Gasteiger partial charge in [0.15, 0.2) is 0 Å². The zero-order chi connectivity index (χ0) is 25.7. The minimum Gasteiger partial charge on any atom is -0.378 e. The Morgan fingerprint density at radius 3 is 2.28 bits per heavy atom. The summed E-state index contributed by atoms with van der Waals surface area (Å²) in [5.41, 5.74) is 2.74. The molecule has 9 heteroatoms. The summed E-state index contributed by atoms with van der Waals surface area (Å²) in [5.74, 6) is -0.467. The number of ether oxygens (including phenoxy) is 1. The SMILES string of the molecule is CC(=O)N[C@H]1C[C@@H](C(=O)N(C)C)N(CC(=O)Nc2ccc(N3CCOCC3)cc2)[C@H]1c1ccccc1. The number of nitrogens with one attached hydrogen (secondary N) is 2. The van der Waals surface area contributed by atoms with E-state index in [0.717, 1.165) is 24.3 Å². The maximum atomic E-state index is 13.2. The Morgan fingerprint density at radius 2 is 1.67 bits per heavy atom. The third kappa shape index (κ3) is 6.03. The Hall–Kier alpha value is -3.43. The molecule has 0 unspecified atom stereocenters. The Kier molecular flexibility index (Phi) is 8.22. The Bertz CT molecular complexity index is 1050. The quantitative estimate of drug-likeness (QED) is 0.612. The van der Waals surface area contributed by atoms with Gasteiger partial charge in [0.25, 0.3) is 0 Å². The van der Waals surface area contributed by atoms with E-state index >= 15 is 0 Å². The van der Waals surface area contributed by atoms with Crippen LogP contribution in [0.15, 0.2) is 54.6 Å². The maximum Gasteiger partial charge on any atom is 0.239 e. The standard InChI is InChI=1S/C27H35N5O4/c1-19(33)28-23-17-24(27(35)30(2)3)32(26(23)20-7-5-4-6-8-20)18-25(34)29-21-9-11-22(12-10-21)31-13-15-36-16-14-31/h4-12,23-24,26H,13-18H2,1-3H3,(H,28,33)(H,29,34)/t23-,24-,26-/m0/s1. The van der Waals surface area contributed by atoms with Gasteiger partial charge >= 0.3 is 0 Å². The summed E-state index contributed by atoms with van der Waals surface area (Å²) in [6.07, 6.45) is 0.428. The number of amides is 3. The second-order valence-electron chi connectivity index (χ2n) is 9.51. The third-order valence-corrected chi connectivity index (χ3v) is 6.73. The maximum absolute atomic E-state index is 13.2. The first-order chi connectivity index (χ1) is 17.3. The van der Waals surface area contributed by atoms with Gasteiger partial charge in [-0.15, -0.1) is 0 Å². The number of carbonyl (C=O) groups is 3. The molecular weight excluding hydrogens is 458 g/mol. The van der Waals surface area contributed by atoms with Crippen LogP contribution in [0.1, 0.15) is 24.9 Å². The molecule has 2 aliphatic rings. The number of anilines is 2. The topological polar surface area (TPSA) is 94.2 Å². The normalized spacial score (nSPS) is 22.2. The number of likely N-dealkylation sites (tertiary alicyclic amines) is 1. The molecule has 2 fully saturated rings. The van der Waals surface area contributed by atoms with Gasteiger partial charge in [0.1, 0.15) is 0 Å². The summed E-state index contributed by atoms with van der Waals surface area (Å²) < 4.78 is 5.42. The van der Waals surface area contributed by atoms with Crippen LogP contribution in [-0.4, -0.2) is 86.5 Å². The summed E-state index contributed by atoms with van der Waals surface area (Å²) in [4.78, 5) is 44.0. The third-order valence-electron chi connectivity index (χ3n) is 6.73. The predicted molar refractivity (Wildman–Crippen MR) is 139 cm³/mol. The molecule has 2 aromatic carbocycles. The number of morpholine rings is 1. The number of carbonyl (C=O) groups excluding carboxylic acids is 3. The average Bonchev–Trinajstić information content (AvgIpc) is 3.21. The lowest BCUT2D eigenvalue weighted by Gasteiger charge is -2.32. The fourth-order valence-electron chi connectivity index (χ4n) is 5.10. The molecule has 0 radical (unpaired) electrons. The number of hydrogen-bond donors (Lipinski definition) is 2. The molecule has 192 valence electrons. The average molecular weight is 494 g/mol. The van der Waals surface area contributed by atoms with E-state index in [1.54, 1.807) is 14.1 Å². The van der Waals surface area contributed by atoms with Crippen LogP contribution < -0.4 is 15.5 Å². The number of rotatable bonds is 7. The summed E-state index contributed by atoms with van der Waals surface area (Å²) in [6.45, 7) is 4.61. The molecule has 36 heavy (non-hydrogen) atoms. The molecule has 4 rings (SSSR count). The van der Waals surface area contributed by atoms with Gasteiger partial charge in [-0.3, -0.25) is 19.3 Å². The van der Waals surface area contributed by atoms with Gasteiger partial charge in [-0.25, -0.2) is 0 Å². The molecule has 3 amide bonds. The monoisotopic (exact) mass is 493 g/mol. The Labute approximate surface area is 212 Å². The fraction of sp³-hybridized carbons (Fsp3) is 0.444. The van der Waals surface area contributed by atoms with Gasteiger partial charge < -0.3 is 25.2 Å². The van der Waals surface area contributed by atoms with Gasteiger partial charge in [0.05, 0.1) is 37.9 Å². The highest BCUT2D eigenvalue weighted by Crippen LogP contribution is 2.37. The van der Waals surface area contributed by atoms with Gasteiger partial charge in [0.2, 0.25) is 17.7 Å². The van der Waals surface area contributed by atoms with Crippen LogP contribution >= 0.6 is 0 Å². The van der Waals surface area contributed by atoms with E-state index in [9.17, 15) is 14.4 Å². The molecule has 0 aliphatic carbocycles. The van der Waals surface area contributed by atoms with Crippen molar-refractivity contribution in [2.75, 3.05) is 57.2 Å². The van der Waals surface area contributed by atoms with E-state index < -0.39 is 6.04 Å². The van der Waals surface area contributed by atoms with Crippen molar-refractivity contribution < 1.29 is 19.1 Å². The van der Waals surface area contributed by atoms with Crippen molar-refractivity contribution in [2.24, 2.45) is 0 Å². The largest absolute Gasteiger partial charge is 0.378 e. The molecule has 2 aliphatic heterocycles. The molecule has 0 aromatic heterocycles. The molecule has 2 saturated heterocycles. The smallest absolute Gasteiger partial charge is 0.239 e. The lowest BCUT2D eigenvalue weighted by Crippen LogP contribution is -2.46. The predicted octanol–water partition coefficient (Wildman–Crippen LogP) is 1.87. The fourth-order valence-corrected chi connectivity index (χ4v) is 5.10. The lowest BCUT2D eigenvalue weighted by molar-refractivity contribution is -0.134. The van der Waals surface area contributed by atoms with Crippen molar-refractivity contribution in [3.8, 4) is 0 Å². The highest BCUT2D eigenvalue weighted by Gasteiger charge is 2.46. The first kappa shape index (κ1) is 25.7. The van der Waals surface area contributed by atoms with Gasteiger partial charge in [0, 0.05) is 45.5 Å². The van der Waals surface area contributed by atoms with Crippen LogP contribution in [0.3, 0.4) is 0 Å². The summed E-state index contributed by atoms with van der Waals surface area (Å²) in [5, 5.41) is 5.99. The van der Waals surface area contributed by atoms with Crippen LogP contribution in [-0.2, 0) is 19.1 Å². The minimum atomic E-state index is -0.531. The molecular formula is C27H35N5O4. The molecule has 0 bridgehead atoms. The number of benzene rings is 2. The van der Waals surface area contributed by atoms with Crippen molar-refractivity contribution >= 4 is 29.1 Å². The number of hydrogen-bond acceptors (Lipinski definition) is 6. The number of likely N-dealkylation sites (N-methyl/N-ethyl adjacent to an activating group) is 1. The highest BCUT2D eigenvalue weighted by atomic mass is 16.5. The second kappa shape index (κ2) is 11.5. The van der Waals surface area contributed by atoms with E-state index in [-0.39, 0.29) is 36.3 Å². The van der Waals surface area contributed by atoms with Gasteiger partial charge in [-0.2, -0.15) is 0 Å². The van der Waals surface area contributed by atoms with E-state index in [4.69, 9.17) is 4.74 Å². The first-order valence-electron chi connectivity index (χ1n) is 12.3. The van der Waals surface area contributed by atoms with Crippen LogP contribution in [0, 0.1) is 0 Å². The number of nitrogens with zero attached hydrogens (tertiary/aromatic N) is 3. The van der Waals surface area contributed by atoms with E-state index in [2.05, 4.69) is 15.5 Å². The first-order valence-corrected chi connectivity index (χ1v) is 12.3. The van der Waals surface area contributed by atoms with Crippen molar-refractivity contribution in [2.45, 2.75) is 31.5 Å². The second-order valence-corrected chi connectivity index (χ2v) is 9.51. The van der Waals surface area contributed by atoms with Gasteiger partial charge in [-0.05, 0) is 36.2 Å². The van der Waals surface area contributed by atoms with E-state index in [1.807, 2.05) is 59.5 Å². The van der Waals surface area contributed by atoms with Crippen LogP contribution in [0.5, 0.6) is 0 Å². The van der Waals surface area contributed by atoms with Gasteiger partial charge in [-0.1, -0.05) is 30.3 Å². The highest BCUT2D eigenvalue weighted by molar-refractivity contribution is 5.93. The van der Waals surface area contributed by atoms with Crippen LogP contribution in [0.4, 0.5) is 11.4 Å². The summed E-state index contributed by atoms with van der Waals surface area (Å²) in [6, 6.07) is 16.4. The minimum absolute atomic E-state index is 0.0190. The lowest BCUT2D eigenvalue weighted by atomic mass is 9.99. The Morgan fingerprint density at radius 1 is 1.00 bits per heavy atom. The molecule has 3 atom stereocenters. The molecule has 9 nitrogen and oxygen atoms in total. The van der Waals surface area contributed by atoms with Crippen LogP contribution in [0.25, 0.3) is 0 Å².